The standard InChI is InChI=1S/C34H33N5O2S/c1-5-6-20-41-28-18-14-23(15-19-28)30-25(22-38(36-30)27-10-8-7-9-11-27)21-29-32(40)39-33(42-29)35-31(37-39)24-12-16-26(17-13-24)34(2,3)4/h7-19,21-22H,5-6,20H2,1-4H3. The summed E-state index contributed by atoms with van der Waals surface area (Å²) in [6, 6.07) is 26.1. The van der Waals surface area contributed by atoms with E-state index >= 15 is 0 Å². The molecule has 0 N–H and O–H groups in total. The Labute approximate surface area is 248 Å². The highest BCUT2D eigenvalue weighted by Crippen LogP contribution is 2.27. The molecule has 8 heteroatoms. The van der Waals surface area contributed by atoms with Crippen LogP contribution >= 0.6 is 11.3 Å². The summed E-state index contributed by atoms with van der Waals surface area (Å²) in [6.45, 7) is 9.39. The largest absolute Gasteiger partial charge is 0.494 e. The van der Waals surface area contributed by atoms with Gasteiger partial charge in [-0.25, -0.2) is 4.68 Å². The van der Waals surface area contributed by atoms with Gasteiger partial charge in [0.2, 0.25) is 4.96 Å². The molecule has 0 unspecified atom stereocenters. The summed E-state index contributed by atoms with van der Waals surface area (Å²) in [5.74, 6) is 1.38. The van der Waals surface area contributed by atoms with E-state index in [1.807, 2.05) is 83.7 Å². The Morgan fingerprint density at radius 1 is 0.905 bits per heavy atom. The van der Waals surface area contributed by atoms with Gasteiger partial charge in [0.05, 0.1) is 16.8 Å². The van der Waals surface area contributed by atoms with Gasteiger partial charge in [0.25, 0.3) is 5.56 Å². The quantitative estimate of drug-likeness (QED) is 0.189. The summed E-state index contributed by atoms with van der Waals surface area (Å²) in [6.07, 6.45) is 5.94. The fourth-order valence-corrected chi connectivity index (χ4v) is 5.59. The van der Waals surface area contributed by atoms with E-state index in [1.165, 1.54) is 21.4 Å². The summed E-state index contributed by atoms with van der Waals surface area (Å²) in [5, 5.41) is 9.47. The number of thiazole rings is 1. The highest BCUT2D eigenvalue weighted by molar-refractivity contribution is 7.15. The molecule has 0 amide bonds. The molecule has 3 aromatic carbocycles. The number of rotatable bonds is 8. The lowest BCUT2D eigenvalue weighted by Gasteiger charge is -2.18. The summed E-state index contributed by atoms with van der Waals surface area (Å²) in [7, 11) is 0. The average Bonchev–Trinajstić information content (AvgIpc) is 3.69. The van der Waals surface area contributed by atoms with Gasteiger partial charge in [0, 0.05) is 22.9 Å². The molecular formula is C34H33N5O2S. The number of nitrogens with zero attached hydrogens (tertiary/aromatic N) is 5. The Morgan fingerprint density at radius 3 is 2.29 bits per heavy atom. The van der Waals surface area contributed by atoms with Gasteiger partial charge in [0.1, 0.15) is 11.4 Å². The molecule has 7 nitrogen and oxygen atoms in total. The lowest BCUT2D eigenvalue weighted by molar-refractivity contribution is 0.309. The second kappa shape index (κ2) is 11.4. The van der Waals surface area contributed by atoms with E-state index in [9.17, 15) is 4.79 Å². The van der Waals surface area contributed by atoms with Gasteiger partial charge in [-0.15, -0.1) is 5.10 Å². The fourth-order valence-electron chi connectivity index (χ4n) is 4.69. The van der Waals surface area contributed by atoms with Crippen LogP contribution in [0.3, 0.4) is 0 Å². The molecule has 0 aliphatic rings. The zero-order valence-corrected chi connectivity index (χ0v) is 25.1. The maximum atomic E-state index is 13.5. The molecule has 0 aliphatic heterocycles. The number of unbranched alkanes of at least 4 members (excludes halogenated alkanes) is 1. The topological polar surface area (TPSA) is 74.3 Å². The molecule has 0 spiro atoms. The molecule has 0 saturated carbocycles. The number of hydrogen-bond donors (Lipinski definition) is 0. The first-order chi connectivity index (χ1) is 20.3. The fraction of sp³-hybridized carbons (Fsp3) is 0.235. The highest BCUT2D eigenvalue weighted by atomic mass is 32.1. The molecule has 3 aromatic heterocycles. The van der Waals surface area contributed by atoms with Crippen molar-refractivity contribution in [1.29, 1.82) is 0 Å². The van der Waals surface area contributed by atoms with Crippen LogP contribution in [0, 0.1) is 0 Å². The van der Waals surface area contributed by atoms with Crippen molar-refractivity contribution < 1.29 is 4.74 Å². The lowest BCUT2D eigenvalue weighted by Crippen LogP contribution is -2.23. The van der Waals surface area contributed by atoms with Crippen LogP contribution in [0.1, 0.15) is 51.7 Å². The van der Waals surface area contributed by atoms with Gasteiger partial charge in [-0.1, -0.05) is 87.9 Å². The third-order valence-corrected chi connectivity index (χ3v) is 8.09. The first kappa shape index (κ1) is 27.6. The van der Waals surface area contributed by atoms with Crippen molar-refractivity contribution in [2.45, 2.75) is 46.0 Å². The molecule has 0 radical (unpaired) electrons. The molecule has 212 valence electrons. The number of hydrogen-bond acceptors (Lipinski definition) is 6. The lowest BCUT2D eigenvalue weighted by atomic mass is 9.87. The van der Waals surface area contributed by atoms with Gasteiger partial charge in [-0.05, 0) is 59.9 Å². The molecular weight excluding hydrogens is 542 g/mol. The molecule has 6 rings (SSSR count). The molecule has 0 saturated heterocycles. The van der Waals surface area contributed by atoms with Crippen molar-refractivity contribution in [3.8, 4) is 34.1 Å². The van der Waals surface area contributed by atoms with Crippen LogP contribution in [0.5, 0.6) is 5.75 Å². The van der Waals surface area contributed by atoms with Crippen LogP contribution in [0.25, 0.3) is 39.4 Å². The second-order valence-electron chi connectivity index (χ2n) is 11.3. The van der Waals surface area contributed by atoms with E-state index in [4.69, 9.17) is 9.84 Å². The minimum atomic E-state index is -0.196. The third kappa shape index (κ3) is 5.63. The van der Waals surface area contributed by atoms with Crippen molar-refractivity contribution in [2.75, 3.05) is 6.61 Å². The summed E-state index contributed by atoms with van der Waals surface area (Å²) in [4.78, 5) is 18.7. The molecule has 0 bridgehead atoms. The monoisotopic (exact) mass is 575 g/mol. The number of aromatic nitrogens is 5. The molecule has 0 aliphatic carbocycles. The first-order valence-electron chi connectivity index (χ1n) is 14.2. The van der Waals surface area contributed by atoms with Crippen LogP contribution in [-0.4, -0.2) is 31.0 Å². The van der Waals surface area contributed by atoms with Crippen LogP contribution in [0.15, 0.2) is 89.9 Å². The Kier molecular flexibility index (Phi) is 7.47. The predicted octanol–water partition coefficient (Wildman–Crippen LogP) is 6.69. The third-order valence-electron chi connectivity index (χ3n) is 7.14. The van der Waals surface area contributed by atoms with E-state index in [0.717, 1.165) is 46.7 Å². The van der Waals surface area contributed by atoms with Crippen LogP contribution in [0.4, 0.5) is 0 Å². The number of benzene rings is 3. The minimum Gasteiger partial charge on any atom is -0.494 e. The molecule has 0 fully saturated rings. The number of fused-ring (bicyclic) bond motifs is 1. The van der Waals surface area contributed by atoms with E-state index < -0.39 is 0 Å². The van der Waals surface area contributed by atoms with Gasteiger partial charge < -0.3 is 4.74 Å². The van der Waals surface area contributed by atoms with Crippen molar-refractivity contribution in [3.63, 3.8) is 0 Å². The maximum Gasteiger partial charge on any atom is 0.291 e. The number of para-hydroxylation sites is 1. The summed E-state index contributed by atoms with van der Waals surface area (Å²) in [5.41, 5.74) is 5.46. The average molecular weight is 576 g/mol. The smallest absolute Gasteiger partial charge is 0.291 e. The van der Waals surface area contributed by atoms with E-state index in [2.05, 4.69) is 49.9 Å². The first-order valence-corrected chi connectivity index (χ1v) is 15.0. The van der Waals surface area contributed by atoms with Crippen molar-refractivity contribution in [3.05, 3.63) is 111 Å². The Hall–Kier alpha value is -4.56. The zero-order chi connectivity index (χ0) is 29.3. The predicted molar refractivity (Wildman–Crippen MR) is 169 cm³/mol. The SMILES string of the molecule is CCCCOc1ccc(-c2nn(-c3ccccc3)cc2C=c2sc3nc(-c4ccc(C(C)(C)C)cc4)nn3c2=O)cc1. The van der Waals surface area contributed by atoms with Crippen LogP contribution < -0.4 is 14.8 Å². The zero-order valence-electron chi connectivity index (χ0n) is 24.2. The Bertz CT molecular complexity index is 1930. The Balaban J connectivity index is 1.38. The normalized spacial score (nSPS) is 12.3. The van der Waals surface area contributed by atoms with Crippen molar-refractivity contribution >= 4 is 22.4 Å². The van der Waals surface area contributed by atoms with E-state index in [1.54, 1.807) is 0 Å². The van der Waals surface area contributed by atoms with Gasteiger partial charge in [-0.2, -0.15) is 14.6 Å². The Morgan fingerprint density at radius 2 is 1.62 bits per heavy atom. The van der Waals surface area contributed by atoms with Gasteiger partial charge in [0.15, 0.2) is 5.82 Å². The summed E-state index contributed by atoms with van der Waals surface area (Å²) >= 11 is 1.33. The maximum absolute atomic E-state index is 13.5. The molecule has 0 atom stereocenters. The van der Waals surface area contributed by atoms with E-state index in [-0.39, 0.29) is 11.0 Å². The highest BCUT2D eigenvalue weighted by Gasteiger charge is 2.17. The van der Waals surface area contributed by atoms with Crippen LogP contribution in [0.2, 0.25) is 0 Å². The van der Waals surface area contributed by atoms with Crippen molar-refractivity contribution in [2.24, 2.45) is 0 Å². The van der Waals surface area contributed by atoms with E-state index in [0.29, 0.717) is 21.9 Å². The second-order valence-corrected chi connectivity index (χ2v) is 12.3. The van der Waals surface area contributed by atoms with Gasteiger partial charge in [-0.3, -0.25) is 4.79 Å². The van der Waals surface area contributed by atoms with Crippen molar-refractivity contribution in [1.82, 2.24) is 24.4 Å². The summed E-state index contributed by atoms with van der Waals surface area (Å²) < 4.78 is 9.64. The molecule has 42 heavy (non-hydrogen) atoms. The minimum absolute atomic E-state index is 0.0606. The molecule has 3 heterocycles. The van der Waals surface area contributed by atoms with Gasteiger partial charge >= 0.3 is 0 Å². The van der Waals surface area contributed by atoms with Crippen LogP contribution in [-0.2, 0) is 5.41 Å². The molecule has 6 aromatic rings. The number of ether oxygens (including phenoxy) is 1.